The van der Waals surface area contributed by atoms with Crippen molar-refractivity contribution in [1.29, 1.82) is 0 Å². The van der Waals surface area contributed by atoms with E-state index in [2.05, 4.69) is 38.2 Å². The molecule has 3 aliphatic rings. The summed E-state index contributed by atoms with van der Waals surface area (Å²) in [7, 11) is 1.89. The normalized spacial score (nSPS) is 22.8. The van der Waals surface area contributed by atoms with Gasteiger partial charge in [-0.15, -0.1) is 0 Å². The molecule has 160 valence electrons. The molecular formula is C24H26FN5O. The summed E-state index contributed by atoms with van der Waals surface area (Å²) in [4.78, 5) is 19.2. The minimum absolute atomic E-state index is 0.180. The summed E-state index contributed by atoms with van der Waals surface area (Å²) >= 11 is 0. The lowest BCUT2D eigenvalue weighted by molar-refractivity contribution is -0.117. The number of aromatic amines is 1. The van der Waals surface area contributed by atoms with Crippen LogP contribution in [-0.2, 0) is 11.2 Å². The summed E-state index contributed by atoms with van der Waals surface area (Å²) in [5.41, 5.74) is 5.50. The van der Waals surface area contributed by atoms with E-state index in [0.29, 0.717) is 24.0 Å². The average molecular weight is 420 g/mol. The Bertz CT molecular complexity index is 1170. The number of carbonyl (C=O) groups is 1. The predicted octanol–water partition coefficient (Wildman–Crippen LogP) is 3.29. The van der Waals surface area contributed by atoms with Crippen LogP contribution < -0.4 is 9.80 Å². The van der Waals surface area contributed by atoms with Crippen molar-refractivity contribution >= 4 is 28.2 Å². The first-order valence-electron chi connectivity index (χ1n) is 11.1. The van der Waals surface area contributed by atoms with Crippen LogP contribution in [0.15, 0.2) is 36.4 Å². The third-order valence-corrected chi connectivity index (χ3v) is 7.33. The van der Waals surface area contributed by atoms with Crippen LogP contribution in [0.3, 0.4) is 0 Å². The van der Waals surface area contributed by atoms with Gasteiger partial charge < -0.3 is 14.7 Å². The molecule has 2 aromatic carbocycles. The van der Waals surface area contributed by atoms with Crippen LogP contribution >= 0.6 is 0 Å². The van der Waals surface area contributed by atoms with Crippen molar-refractivity contribution in [2.45, 2.75) is 31.2 Å². The van der Waals surface area contributed by atoms with Gasteiger partial charge >= 0.3 is 0 Å². The smallest absolute Gasteiger partial charge is 0.246 e. The number of aromatic nitrogens is 2. The number of hydrogen-bond donors (Lipinski definition) is 1. The Morgan fingerprint density at radius 2 is 2.16 bits per heavy atom. The highest BCUT2D eigenvalue weighted by atomic mass is 19.1. The maximum atomic E-state index is 13.4. The van der Waals surface area contributed by atoms with Gasteiger partial charge in [0.15, 0.2) is 0 Å². The van der Waals surface area contributed by atoms with Crippen molar-refractivity contribution in [2.24, 2.45) is 0 Å². The number of H-pyrrole nitrogens is 1. The number of piperidine rings is 1. The molecule has 1 fully saturated rings. The molecule has 2 unspecified atom stereocenters. The molecule has 1 N–H and O–H groups in total. The highest BCUT2D eigenvalue weighted by molar-refractivity contribution is 6.04. The molecule has 2 atom stereocenters. The Balaban J connectivity index is 1.15. The van der Waals surface area contributed by atoms with E-state index >= 15 is 0 Å². The molecule has 1 aromatic heterocycles. The molecule has 0 aliphatic carbocycles. The average Bonchev–Trinajstić information content (AvgIpc) is 3.31. The molecule has 6 nitrogen and oxygen atoms in total. The SMILES string of the molecule is CN1C(=O)CN2c3c(cccc31)C1CN(CCCc3[nH]nc4cc(F)ccc34)CCC12. The van der Waals surface area contributed by atoms with Crippen molar-refractivity contribution in [2.75, 3.05) is 43.0 Å². The molecule has 0 bridgehead atoms. The van der Waals surface area contributed by atoms with E-state index in [1.54, 1.807) is 0 Å². The van der Waals surface area contributed by atoms with E-state index in [9.17, 15) is 9.18 Å². The number of nitrogens with one attached hydrogen (secondary N) is 1. The summed E-state index contributed by atoms with van der Waals surface area (Å²) < 4.78 is 13.4. The van der Waals surface area contributed by atoms with Crippen molar-refractivity contribution in [3.05, 3.63) is 53.5 Å². The highest BCUT2D eigenvalue weighted by Crippen LogP contribution is 2.50. The molecular weight excluding hydrogens is 393 g/mol. The van der Waals surface area contributed by atoms with Gasteiger partial charge in [0, 0.05) is 49.2 Å². The van der Waals surface area contributed by atoms with Crippen LogP contribution in [0.4, 0.5) is 15.8 Å². The molecule has 4 heterocycles. The number of fused-ring (bicyclic) bond motifs is 4. The first kappa shape index (κ1) is 18.8. The van der Waals surface area contributed by atoms with E-state index in [4.69, 9.17) is 0 Å². The molecule has 1 saturated heterocycles. The topological polar surface area (TPSA) is 55.5 Å². The van der Waals surface area contributed by atoms with Crippen LogP contribution in [0, 0.1) is 5.82 Å². The van der Waals surface area contributed by atoms with E-state index in [0.717, 1.165) is 55.7 Å². The molecule has 7 heteroatoms. The van der Waals surface area contributed by atoms with Gasteiger partial charge in [0.05, 0.1) is 23.4 Å². The summed E-state index contributed by atoms with van der Waals surface area (Å²) in [5, 5.41) is 8.34. The van der Waals surface area contributed by atoms with Gasteiger partial charge in [-0.25, -0.2) is 4.39 Å². The van der Waals surface area contributed by atoms with Crippen molar-refractivity contribution in [3.63, 3.8) is 0 Å². The van der Waals surface area contributed by atoms with E-state index in [1.807, 2.05) is 18.0 Å². The van der Waals surface area contributed by atoms with Gasteiger partial charge in [0.25, 0.3) is 0 Å². The Morgan fingerprint density at radius 3 is 3.06 bits per heavy atom. The van der Waals surface area contributed by atoms with Crippen LogP contribution in [0.5, 0.6) is 0 Å². The second-order valence-corrected chi connectivity index (χ2v) is 9.03. The summed E-state index contributed by atoms with van der Waals surface area (Å²) in [6, 6.07) is 11.6. The highest BCUT2D eigenvalue weighted by Gasteiger charge is 2.46. The maximum absolute atomic E-state index is 13.4. The number of carbonyl (C=O) groups excluding carboxylic acids is 1. The maximum Gasteiger partial charge on any atom is 0.246 e. The van der Waals surface area contributed by atoms with E-state index in [-0.39, 0.29) is 11.7 Å². The van der Waals surface area contributed by atoms with Gasteiger partial charge in [-0.1, -0.05) is 12.1 Å². The van der Waals surface area contributed by atoms with Gasteiger partial charge in [0.1, 0.15) is 5.82 Å². The third kappa shape index (κ3) is 2.94. The second-order valence-electron chi connectivity index (χ2n) is 9.03. The molecule has 0 saturated carbocycles. The summed E-state index contributed by atoms with van der Waals surface area (Å²) in [6.45, 7) is 3.61. The Kier molecular flexibility index (Phi) is 4.28. The number of anilines is 2. The molecule has 6 rings (SSSR count). The van der Waals surface area contributed by atoms with Gasteiger partial charge in [-0.2, -0.15) is 5.10 Å². The minimum atomic E-state index is -0.251. The lowest BCUT2D eigenvalue weighted by Crippen LogP contribution is -2.51. The van der Waals surface area contributed by atoms with Crippen molar-refractivity contribution in [3.8, 4) is 0 Å². The lowest BCUT2D eigenvalue weighted by Gasteiger charge is -2.40. The summed E-state index contributed by atoms with van der Waals surface area (Å²) in [6.07, 6.45) is 3.02. The Labute approximate surface area is 180 Å². The lowest BCUT2D eigenvalue weighted by atomic mass is 9.89. The van der Waals surface area contributed by atoms with Crippen molar-refractivity contribution in [1.82, 2.24) is 15.1 Å². The van der Waals surface area contributed by atoms with E-state index in [1.165, 1.54) is 23.4 Å². The van der Waals surface area contributed by atoms with Gasteiger partial charge in [-0.05, 0) is 49.6 Å². The van der Waals surface area contributed by atoms with Crippen molar-refractivity contribution < 1.29 is 9.18 Å². The fraction of sp³-hybridized carbons (Fsp3) is 0.417. The van der Waals surface area contributed by atoms with Crippen LogP contribution in [0.1, 0.15) is 30.0 Å². The monoisotopic (exact) mass is 419 g/mol. The quantitative estimate of drug-likeness (QED) is 0.705. The number of para-hydroxylation sites is 1. The Morgan fingerprint density at radius 1 is 1.26 bits per heavy atom. The second kappa shape index (κ2) is 7.05. The van der Waals surface area contributed by atoms with Crippen LogP contribution in [0.25, 0.3) is 10.9 Å². The summed E-state index contributed by atoms with van der Waals surface area (Å²) in [5.74, 6) is 0.387. The van der Waals surface area contributed by atoms with Gasteiger partial charge in [0.2, 0.25) is 5.91 Å². The molecule has 0 radical (unpaired) electrons. The zero-order valence-corrected chi connectivity index (χ0v) is 17.6. The first-order valence-corrected chi connectivity index (χ1v) is 11.1. The largest absolute Gasteiger partial charge is 0.357 e. The molecule has 0 spiro atoms. The molecule has 3 aliphatic heterocycles. The number of halogens is 1. The number of likely N-dealkylation sites (tertiary alicyclic amines) is 1. The zero-order chi connectivity index (χ0) is 21.1. The number of rotatable bonds is 4. The standard InChI is InChI=1S/C24H26FN5O/c1-28-22-6-2-4-16-18-13-29(11-9-21(18)30(24(16)22)14-23(28)31)10-3-5-19-17-8-7-15(25)12-20(17)27-26-19/h2,4,6-8,12,18,21H,3,5,9-11,13-14H2,1H3,(H,26,27). The van der Waals surface area contributed by atoms with Crippen LogP contribution in [-0.4, -0.2) is 60.3 Å². The molecule has 1 amide bonds. The zero-order valence-electron chi connectivity index (χ0n) is 17.6. The third-order valence-electron chi connectivity index (χ3n) is 7.33. The number of benzene rings is 2. The van der Waals surface area contributed by atoms with Gasteiger partial charge in [-0.3, -0.25) is 9.89 Å². The number of amides is 1. The number of hydrogen-bond acceptors (Lipinski definition) is 4. The molecule has 3 aromatic rings. The number of aryl methyl sites for hydroxylation is 1. The predicted molar refractivity (Wildman–Crippen MR) is 119 cm³/mol. The number of likely N-dealkylation sites (N-methyl/N-ethyl adjacent to an activating group) is 1. The first-order chi connectivity index (χ1) is 15.1. The van der Waals surface area contributed by atoms with E-state index < -0.39 is 0 Å². The number of nitrogens with zero attached hydrogens (tertiary/aromatic N) is 4. The Hall–Kier alpha value is -2.93. The molecule has 31 heavy (non-hydrogen) atoms. The van der Waals surface area contributed by atoms with Crippen LogP contribution in [0.2, 0.25) is 0 Å². The fourth-order valence-electron chi connectivity index (χ4n) is 5.78. The fourth-order valence-corrected chi connectivity index (χ4v) is 5.78. The minimum Gasteiger partial charge on any atom is -0.357 e.